The minimum atomic E-state index is -0.580. The predicted molar refractivity (Wildman–Crippen MR) is 86.4 cm³/mol. The van der Waals surface area contributed by atoms with Crippen molar-refractivity contribution in [3.8, 4) is 0 Å². The summed E-state index contributed by atoms with van der Waals surface area (Å²) in [5.41, 5.74) is 0.296. The minimum Gasteiger partial charge on any atom is -0.443 e. The van der Waals surface area contributed by atoms with Crippen LogP contribution in [0, 0.1) is 5.41 Å². The number of carbonyl (C=O) groups is 1. The first-order valence-electron chi connectivity index (χ1n) is 6.68. The van der Waals surface area contributed by atoms with E-state index in [-0.39, 0.29) is 18.3 Å². The Balaban J connectivity index is 2.31. The molecule has 0 N–H and O–H groups in total. The zero-order valence-corrected chi connectivity index (χ0v) is 13.9. The number of carbonyl (C=O) groups excluding carboxylic acids is 1. The van der Waals surface area contributed by atoms with E-state index in [0.29, 0.717) is 10.7 Å². The summed E-state index contributed by atoms with van der Waals surface area (Å²) in [4.78, 5) is 24.2. The van der Waals surface area contributed by atoms with Crippen molar-refractivity contribution in [1.82, 2.24) is 4.57 Å². The average Bonchev–Trinajstić information content (AvgIpc) is 2.45. The Morgan fingerprint density at radius 1 is 1.29 bits per heavy atom. The zero-order chi connectivity index (χ0) is 15.6. The van der Waals surface area contributed by atoms with Crippen molar-refractivity contribution in [3.05, 3.63) is 46.4 Å². The zero-order valence-electron chi connectivity index (χ0n) is 12.4. The van der Waals surface area contributed by atoms with Crippen LogP contribution in [0.1, 0.15) is 26.3 Å². The van der Waals surface area contributed by atoms with E-state index in [1.54, 1.807) is 27.0 Å². The number of ether oxygens (including phenoxy) is 1. The van der Waals surface area contributed by atoms with E-state index in [0.717, 1.165) is 10.9 Å². The van der Waals surface area contributed by atoms with Gasteiger partial charge < -0.3 is 4.74 Å². The average molecular weight is 352 g/mol. The van der Waals surface area contributed by atoms with Crippen molar-refractivity contribution < 1.29 is 9.53 Å². The molecule has 0 aliphatic heterocycles. The summed E-state index contributed by atoms with van der Waals surface area (Å²) in [6, 6.07) is 7.59. The van der Waals surface area contributed by atoms with Crippen LogP contribution in [0.5, 0.6) is 0 Å². The molecule has 0 fully saturated rings. The molecule has 0 saturated carbocycles. The standard InChI is InChI=1S/C16H18BrNO3/c1-16(2,3)15(20)21-10-18-7-6-12-5-4-11(9-17)8-13(12)14(18)19/h4-8H,9-10H2,1-3H3. The van der Waals surface area contributed by atoms with Crippen LogP contribution in [0.4, 0.5) is 0 Å². The van der Waals surface area contributed by atoms with Gasteiger partial charge in [0.2, 0.25) is 0 Å². The molecule has 21 heavy (non-hydrogen) atoms. The van der Waals surface area contributed by atoms with E-state index in [2.05, 4.69) is 15.9 Å². The molecule has 4 nitrogen and oxygen atoms in total. The molecule has 5 heteroatoms. The highest BCUT2D eigenvalue weighted by Crippen LogP contribution is 2.16. The van der Waals surface area contributed by atoms with E-state index in [1.165, 1.54) is 4.57 Å². The second-order valence-corrected chi connectivity index (χ2v) is 6.52. The summed E-state index contributed by atoms with van der Waals surface area (Å²) in [5.74, 6) is -0.330. The van der Waals surface area contributed by atoms with Crippen molar-refractivity contribution in [2.24, 2.45) is 5.41 Å². The van der Waals surface area contributed by atoms with Gasteiger partial charge in [-0.05, 0) is 43.9 Å². The molecule has 2 rings (SSSR count). The number of hydrogen-bond acceptors (Lipinski definition) is 3. The van der Waals surface area contributed by atoms with Crippen LogP contribution in [-0.4, -0.2) is 10.5 Å². The maximum Gasteiger partial charge on any atom is 0.312 e. The number of rotatable bonds is 3. The Labute approximate surface area is 131 Å². The van der Waals surface area contributed by atoms with Gasteiger partial charge >= 0.3 is 5.97 Å². The molecule has 112 valence electrons. The highest BCUT2D eigenvalue weighted by Gasteiger charge is 2.23. The fourth-order valence-electron chi connectivity index (χ4n) is 1.86. The van der Waals surface area contributed by atoms with Gasteiger partial charge in [0, 0.05) is 16.9 Å². The fourth-order valence-corrected chi connectivity index (χ4v) is 2.20. The topological polar surface area (TPSA) is 48.3 Å². The van der Waals surface area contributed by atoms with Crippen molar-refractivity contribution >= 4 is 32.7 Å². The molecule has 0 amide bonds. The lowest BCUT2D eigenvalue weighted by Gasteiger charge is -2.17. The van der Waals surface area contributed by atoms with Crippen LogP contribution >= 0.6 is 15.9 Å². The Bertz CT molecular complexity index is 728. The van der Waals surface area contributed by atoms with Crippen LogP contribution in [0.3, 0.4) is 0 Å². The molecule has 1 aromatic heterocycles. The molecular weight excluding hydrogens is 334 g/mol. The number of alkyl halides is 1. The second-order valence-electron chi connectivity index (χ2n) is 5.96. The van der Waals surface area contributed by atoms with Gasteiger partial charge in [0.05, 0.1) is 5.41 Å². The third kappa shape index (κ3) is 3.53. The second kappa shape index (κ2) is 6.02. The van der Waals surface area contributed by atoms with E-state index < -0.39 is 5.41 Å². The Hall–Kier alpha value is -1.62. The van der Waals surface area contributed by atoms with Crippen LogP contribution in [0.15, 0.2) is 35.3 Å². The first kappa shape index (κ1) is 15.8. The van der Waals surface area contributed by atoms with Crippen molar-refractivity contribution in [1.29, 1.82) is 0 Å². The maximum atomic E-state index is 12.4. The van der Waals surface area contributed by atoms with Crippen LogP contribution in [-0.2, 0) is 21.6 Å². The van der Waals surface area contributed by atoms with Crippen LogP contribution in [0.25, 0.3) is 10.8 Å². The molecular formula is C16H18BrNO3. The highest BCUT2D eigenvalue weighted by atomic mass is 79.9. The predicted octanol–water partition coefficient (Wildman–Crippen LogP) is 3.44. The summed E-state index contributed by atoms with van der Waals surface area (Å²) in [6.45, 7) is 5.27. The number of fused-ring (bicyclic) bond motifs is 1. The SMILES string of the molecule is CC(C)(C)C(=O)OCn1ccc2ccc(CBr)cc2c1=O. The molecule has 0 aliphatic rings. The lowest BCUT2D eigenvalue weighted by molar-refractivity contribution is -0.157. The van der Waals surface area contributed by atoms with Gasteiger partial charge in [0.25, 0.3) is 5.56 Å². The maximum absolute atomic E-state index is 12.4. The molecule has 0 unspecified atom stereocenters. The van der Waals surface area contributed by atoms with Gasteiger partial charge in [-0.25, -0.2) is 0 Å². The number of esters is 1. The summed E-state index contributed by atoms with van der Waals surface area (Å²) in [5, 5.41) is 2.19. The molecule has 0 aliphatic carbocycles. The molecule has 0 radical (unpaired) electrons. The summed E-state index contributed by atoms with van der Waals surface area (Å²) in [6.07, 6.45) is 1.65. The lowest BCUT2D eigenvalue weighted by Crippen LogP contribution is -2.27. The summed E-state index contributed by atoms with van der Waals surface area (Å²) in [7, 11) is 0. The van der Waals surface area contributed by atoms with E-state index in [1.807, 2.05) is 24.3 Å². The number of benzene rings is 1. The van der Waals surface area contributed by atoms with Gasteiger partial charge in [-0.15, -0.1) is 0 Å². The van der Waals surface area contributed by atoms with E-state index in [4.69, 9.17) is 4.74 Å². The number of halogens is 1. The fraction of sp³-hybridized carbons (Fsp3) is 0.375. The van der Waals surface area contributed by atoms with Gasteiger partial charge in [0.1, 0.15) is 0 Å². The van der Waals surface area contributed by atoms with Crippen molar-refractivity contribution in [3.63, 3.8) is 0 Å². The molecule has 1 heterocycles. The number of nitrogens with zero attached hydrogens (tertiary/aromatic N) is 1. The molecule has 0 saturated heterocycles. The Morgan fingerprint density at radius 3 is 2.62 bits per heavy atom. The van der Waals surface area contributed by atoms with Gasteiger partial charge in [-0.3, -0.25) is 14.2 Å². The molecule has 1 aromatic carbocycles. The van der Waals surface area contributed by atoms with Gasteiger partial charge in [0.15, 0.2) is 6.73 Å². The summed E-state index contributed by atoms with van der Waals surface area (Å²) >= 11 is 3.38. The molecule has 0 bridgehead atoms. The molecule has 0 spiro atoms. The van der Waals surface area contributed by atoms with E-state index in [9.17, 15) is 9.59 Å². The first-order valence-corrected chi connectivity index (χ1v) is 7.80. The number of pyridine rings is 1. The Morgan fingerprint density at radius 2 is 2.00 bits per heavy atom. The van der Waals surface area contributed by atoms with Crippen molar-refractivity contribution in [2.45, 2.75) is 32.8 Å². The number of aromatic nitrogens is 1. The normalized spacial score (nSPS) is 11.6. The van der Waals surface area contributed by atoms with E-state index >= 15 is 0 Å². The smallest absolute Gasteiger partial charge is 0.312 e. The quantitative estimate of drug-likeness (QED) is 0.628. The summed E-state index contributed by atoms with van der Waals surface area (Å²) < 4.78 is 6.60. The molecule has 0 atom stereocenters. The largest absolute Gasteiger partial charge is 0.443 e. The Kier molecular flexibility index (Phi) is 4.52. The number of hydrogen-bond donors (Lipinski definition) is 0. The highest BCUT2D eigenvalue weighted by molar-refractivity contribution is 9.08. The van der Waals surface area contributed by atoms with Crippen LogP contribution in [0.2, 0.25) is 0 Å². The first-order chi connectivity index (χ1) is 9.82. The third-order valence-corrected chi connectivity index (χ3v) is 3.79. The lowest BCUT2D eigenvalue weighted by atomic mass is 9.98. The van der Waals surface area contributed by atoms with Gasteiger partial charge in [-0.1, -0.05) is 28.1 Å². The van der Waals surface area contributed by atoms with Crippen LogP contribution < -0.4 is 5.56 Å². The minimum absolute atomic E-state index is 0.0661. The third-order valence-electron chi connectivity index (χ3n) is 3.14. The van der Waals surface area contributed by atoms with Crippen molar-refractivity contribution in [2.75, 3.05) is 0 Å². The molecule has 2 aromatic rings. The monoisotopic (exact) mass is 351 g/mol. The van der Waals surface area contributed by atoms with Gasteiger partial charge in [-0.2, -0.15) is 0 Å².